The van der Waals surface area contributed by atoms with Crippen molar-refractivity contribution in [1.29, 1.82) is 0 Å². The van der Waals surface area contributed by atoms with Crippen LogP contribution in [0.3, 0.4) is 0 Å². The maximum atomic E-state index is 3.46. The highest BCUT2D eigenvalue weighted by molar-refractivity contribution is 5.88. The van der Waals surface area contributed by atoms with E-state index in [4.69, 9.17) is 0 Å². The zero-order valence-corrected chi connectivity index (χ0v) is 10.7. The number of hydrogen-bond donors (Lipinski definition) is 1. The van der Waals surface area contributed by atoms with Crippen LogP contribution in [0.2, 0.25) is 0 Å². The van der Waals surface area contributed by atoms with Gasteiger partial charge in [-0.2, -0.15) is 0 Å². The molecule has 0 saturated carbocycles. The van der Waals surface area contributed by atoms with Crippen molar-refractivity contribution in [3.63, 3.8) is 0 Å². The predicted molar refractivity (Wildman–Crippen MR) is 72.4 cm³/mol. The van der Waals surface area contributed by atoms with E-state index in [9.17, 15) is 0 Å². The average molecular weight is 228 g/mol. The molecule has 2 nitrogen and oxygen atoms in total. The molecule has 3 rings (SSSR count). The molecular formula is C15H20N2. The predicted octanol–water partition coefficient (Wildman–Crippen LogP) is 3.01. The van der Waals surface area contributed by atoms with Gasteiger partial charge in [-0.25, -0.2) is 0 Å². The Kier molecular flexibility index (Phi) is 2.67. The normalized spacial score (nSPS) is 14.5. The van der Waals surface area contributed by atoms with Crippen molar-refractivity contribution in [1.82, 2.24) is 9.88 Å². The average Bonchev–Trinajstić information content (AvgIpc) is 2.64. The molecule has 0 bridgehead atoms. The Bertz CT molecular complexity index is 552. The van der Waals surface area contributed by atoms with Gasteiger partial charge in [-0.05, 0) is 37.4 Å². The van der Waals surface area contributed by atoms with Crippen LogP contribution >= 0.6 is 0 Å². The summed E-state index contributed by atoms with van der Waals surface area (Å²) < 4.78 is 2.51. The number of aromatic nitrogens is 1. The van der Waals surface area contributed by atoms with Crippen LogP contribution in [0.4, 0.5) is 0 Å². The van der Waals surface area contributed by atoms with Crippen LogP contribution in [0.5, 0.6) is 0 Å². The van der Waals surface area contributed by atoms with E-state index in [0.717, 1.165) is 13.1 Å². The van der Waals surface area contributed by atoms with Crippen LogP contribution in [0.1, 0.15) is 30.2 Å². The number of para-hydroxylation sites is 1. The second-order valence-electron chi connectivity index (χ2n) is 4.91. The molecule has 0 saturated heterocycles. The summed E-state index contributed by atoms with van der Waals surface area (Å²) in [7, 11) is 0. The van der Waals surface area contributed by atoms with Gasteiger partial charge in [-0.1, -0.05) is 25.1 Å². The van der Waals surface area contributed by atoms with Crippen molar-refractivity contribution < 1.29 is 0 Å². The lowest BCUT2D eigenvalue weighted by Crippen LogP contribution is -2.13. The third kappa shape index (κ3) is 1.59. The van der Waals surface area contributed by atoms with E-state index in [0.29, 0.717) is 0 Å². The third-order valence-corrected chi connectivity index (χ3v) is 3.94. The van der Waals surface area contributed by atoms with Crippen molar-refractivity contribution in [2.45, 2.75) is 39.8 Å². The first-order chi connectivity index (χ1) is 8.33. The van der Waals surface area contributed by atoms with Gasteiger partial charge in [-0.15, -0.1) is 0 Å². The molecule has 2 aromatic rings. The number of aryl methyl sites for hydroxylation is 2. The van der Waals surface area contributed by atoms with Gasteiger partial charge >= 0.3 is 0 Å². The van der Waals surface area contributed by atoms with Gasteiger partial charge in [0.1, 0.15) is 0 Å². The fourth-order valence-electron chi connectivity index (χ4n) is 3.06. The van der Waals surface area contributed by atoms with Crippen molar-refractivity contribution >= 4 is 10.9 Å². The van der Waals surface area contributed by atoms with Crippen LogP contribution in [0.25, 0.3) is 10.9 Å². The molecule has 2 heteroatoms. The summed E-state index contributed by atoms with van der Waals surface area (Å²) in [5.74, 6) is 0. The van der Waals surface area contributed by atoms with Gasteiger partial charge in [0.25, 0.3) is 0 Å². The Hall–Kier alpha value is -1.28. The molecule has 0 radical (unpaired) electrons. The highest BCUT2D eigenvalue weighted by Gasteiger charge is 2.18. The summed E-state index contributed by atoms with van der Waals surface area (Å²) in [6, 6.07) is 6.77. The van der Waals surface area contributed by atoms with E-state index in [2.05, 4.69) is 41.9 Å². The Labute approximate surface area is 103 Å². The summed E-state index contributed by atoms with van der Waals surface area (Å²) in [5, 5.41) is 4.92. The van der Waals surface area contributed by atoms with Crippen molar-refractivity contribution in [3.05, 3.63) is 35.0 Å². The van der Waals surface area contributed by atoms with E-state index < -0.39 is 0 Å². The standard InChI is InChI=1S/C15H20N2/c1-3-16-10-14-11(2)17-9-5-7-12-6-4-8-13(14)15(12)17/h4,6,8,16H,3,5,7,9-10H2,1-2H3. The monoisotopic (exact) mass is 228 g/mol. The summed E-state index contributed by atoms with van der Waals surface area (Å²) in [6.07, 6.45) is 2.52. The first-order valence-corrected chi connectivity index (χ1v) is 6.63. The van der Waals surface area contributed by atoms with Gasteiger partial charge in [0.05, 0.1) is 5.52 Å². The first-order valence-electron chi connectivity index (χ1n) is 6.63. The topological polar surface area (TPSA) is 17.0 Å². The van der Waals surface area contributed by atoms with E-state index in [1.807, 2.05) is 0 Å². The Balaban J connectivity index is 2.23. The van der Waals surface area contributed by atoms with Crippen LogP contribution in [-0.4, -0.2) is 11.1 Å². The lowest BCUT2D eigenvalue weighted by atomic mass is 10.0. The second kappa shape index (κ2) is 4.19. The molecule has 0 atom stereocenters. The second-order valence-corrected chi connectivity index (χ2v) is 4.91. The summed E-state index contributed by atoms with van der Waals surface area (Å²) in [4.78, 5) is 0. The molecule has 0 unspecified atom stereocenters. The summed E-state index contributed by atoms with van der Waals surface area (Å²) in [6.45, 7) is 7.65. The minimum Gasteiger partial charge on any atom is -0.344 e. The highest BCUT2D eigenvalue weighted by Crippen LogP contribution is 2.32. The molecule has 17 heavy (non-hydrogen) atoms. The molecule has 1 aliphatic rings. The molecule has 0 spiro atoms. The molecule has 0 amide bonds. The molecule has 0 aliphatic carbocycles. The van der Waals surface area contributed by atoms with Gasteiger partial charge in [0, 0.05) is 24.2 Å². The van der Waals surface area contributed by atoms with Gasteiger partial charge in [-0.3, -0.25) is 0 Å². The molecule has 1 aromatic carbocycles. The first kappa shape index (κ1) is 10.8. The maximum Gasteiger partial charge on any atom is 0.0518 e. The number of hydrogen-bond acceptors (Lipinski definition) is 1. The number of nitrogens with one attached hydrogen (secondary N) is 1. The van der Waals surface area contributed by atoms with E-state index in [1.165, 1.54) is 47.1 Å². The van der Waals surface area contributed by atoms with Crippen molar-refractivity contribution in [2.75, 3.05) is 6.54 Å². The zero-order valence-electron chi connectivity index (χ0n) is 10.7. The minimum absolute atomic E-state index is 0.995. The number of benzene rings is 1. The quantitative estimate of drug-likeness (QED) is 0.854. The van der Waals surface area contributed by atoms with Crippen LogP contribution < -0.4 is 5.32 Å². The van der Waals surface area contributed by atoms with Crippen LogP contribution in [-0.2, 0) is 19.5 Å². The zero-order chi connectivity index (χ0) is 11.8. The molecular weight excluding hydrogens is 208 g/mol. The molecule has 90 valence electrons. The lowest BCUT2D eigenvalue weighted by Gasteiger charge is -2.16. The van der Waals surface area contributed by atoms with Crippen LogP contribution in [0.15, 0.2) is 18.2 Å². The molecule has 1 N–H and O–H groups in total. The highest BCUT2D eigenvalue weighted by atomic mass is 15.0. The lowest BCUT2D eigenvalue weighted by molar-refractivity contribution is 0.617. The fraction of sp³-hybridized carbons (Fsp3) is 0.467. The van der Waals surface area contributed by atoms with Gasteiger partial charge in [0.2, 0.25) is 0 Å². The van der Waals surface area contributed by atoms with E-state index >= 15 is 0 Å². The Morgan fingerprint density at radius 3 is 3.06 bits per heavy atom. The van der Waals surface area contributed by atoms with Gasteiger partial charge in [0.15, 0.2) is 0 Å². The minimum atomic E-state index is 0.995. The van der Waals surface area contributed by atoms with E-state index in [-0.39, 0.29) is 0 Å². The SMILES string of the molecule is CCNCc1c(C)n2c3c(cccc13)CCC2. The molecule has 1 aromatic heterocycles. The van der Waals surface area contributed by atoms with Crippen molar-refractivity contribution in [3.8, 4) is 0 Å². The smallest absolute Gasteiger partial charge is 0.0518 e. The number of nitrogens with zero attached hydrogens (tertiary/aromatic N) is 1. The molecule has 1 aliphatic heterocycles. The summed E-state index contributed by atoms with van der Waals surface area (Å²) >= 11 is 0. The maximum absolute atomic E-state index is 3.46. The Morgan fingerprint density at radius 1 is 1.35 bits per heavy atom. The van der Waals surface area contributed by atoms with E-state index in [1.54, 1.807) is 0 Å². The van der Waals surface area contributed by atoms with Crippen LogP contribution in [0, 0.1) is 6.92 Å². The third-order valence-electron chi connectivity index (χ3n) is 3.94. The number of rotatable bonds is 3. The Morgan fingerprint density at radius 2 is 2.24 bits per heavy atom. The molecule has 0 fully saturated rings. The van der Waals surface area contributed by atoms with Gasteiger partial charge < -0.3 is 9.88 Å². The van der Waals surface area contributed by atoms with Crippen molar-refractivity contribution in [2.24, 2.45) is 0 Å². The largest absolute Gasteiger partial charge is 0.344 e. The summed E-state index contributed by atoms with van der Waals surface area (Å²) in [5.41, 5.74) is 5.96. The molecule has 2 heterocycles. The fourth-order valence-corrected chi connectivity index (χ4v) is 3.06.